The van der Waals surface area contributed by atoms with E-state index >= 15 is 0 Å². The van der Waals surface area contributed by atoms with Crippen LogP contribution in [0.4, 0.5) is 0 Å². The van der Waals surface area contributed by atoms with E-state index in [0.29, 0.717) is 5.56 Å². The Morgan fingerprint density at radius 3 is 2.78 bits per heavy atom. The Kier molecular flexibility index (Phi) is 4.28. The van der Waals surface area contributed by atoms with Gasteiger partial charge < -0.3 is 14.9 Å². The molecule has 18 heavy (non-hydrogen) atoms. The Morgan fingerprint density at radius 1 is 1.39 bits per heavy atom. The van der Waals surface area contributed by atoms with E-state index in [9.17, 15) is 4.79 Å². The molecule has 1 aliphatic heterocycles. The van der Waals surface area contributed by atoms with Crippen molar-refractivity contribution in [3.8, 4) is 0 Å². The number of hydrogen-bond acceptors (Lipinski definition) is 4. The van der Waals surface area contributed by atoms with Crippen LogP contribution in [0.25, 0.3) is 0 Å². The highest BCUT2D eigenvalue weighted by Crippen LogP contribution is 2.05. The van der Waals surface area contributed by atoms with E-state index in [1.807, 2.05) is 0 Å². The van der Waals surface area contributed by atoms with Crippen molar-refractivity contribution in [3.63, 3.8) is 0 Å². The van der Waals surface area contributed by atoms with Crippen molar-refractivity contribution >= 4 is 5.97 Å². The molecule has 5 heteroatoms. The van der Waals surface area contributed by atoms with Gasteiger partial charge in [-0.05, 0) is 19.2 Å². The maximum absolute atomic E-state index is 10.9. The SMILES string of the molecule is CN1CCN(CCc2cc(C(=O)O)ccn2)CC1. The zero-order valence-electron chi connectivity index (χ0n) is 10.7. The molecule has 1 aromatic heterocycles. The Balaban J connectivity index is 1.86. The Labute approximate surface area is 107 Å². The smallest absolute Gasteiger partial charge is 0.335 e. The highest BCUT2D eigenvalue weighted by atomic mass is 16.4. The average Bonchev–Trinajstić information content (AvgIpc) is 2.38. The summed E-state index contributed by atoms with van der Waals surface area (Å²) in [5.41, 5.74) is 1.17. The van der Waals surface area contributed by atoms with Crippen molar-refractivity contribution in [2.24, 2.45) is 0 Å². The Bertz CT molecular complexity index is 414. The molecular formula is C13H19N3O2. The van der Waals surface area contributed by atoms with Gasteiger partial charge in [-0.25, -0.2) is 4.79 Å². The molecule has 0 saturated carbocycles. The molecule has 0 bridgehead atoms. The number of piperazine rings is 1. The van der Waals surface area contributed by atoms with Gasteiger partial charge in [0.2, 0.25) is 0 Å². The first-order valence-electron chi connectivity index (χ1n) is 6.24. The fourth-order valence-corrected chi connectivity index (χ4v) is 2.09. The summed E-state index contributed by atoms with van der Waals surface area (Å²) in [6.07, 6.45) is 2.38. The first-order valence-corrected chi connectivity index (χ1v) is 6.24. The minimum atomic E-state index is -0.891. The summed E-state index contributed by atoms with van der Waals surface area (Å²) >= 11 is 0. The highest BCUT2D eigenvalue weighted by Gasteiger charge is 2.13. The molecule has 98 valence electrons. The molecule has 0 amide bonds. The number of pyridine rings is 1. The van der Waals surface area contributed by atoms with Crippen molar-refractivity contribution in [2.75, 3.05) is 39.8 Å². The lowest BCUT2D eigenvalue weighted by Crippen LogP contribution is -2.45. The minimum absolute atomic E-state index is 0.318. The highest BCUT2D eigenvalue weighted by molar-refractivity contribution is 5.87. The van der Waals surface area contributed by atoms with Gasteiger partial charge in [0.25, 0.3) is 0 Å². The molecular weight excluding hydrogens is 230 g/mol. The number of nitrogens with zero attached hydrogens (tertiary/aromatic N) is 3. The van der Waals surface area contributed by atoms with Gasteiger partial charge in [0, 0.05) is 51.0 Å². The number of aromatic carboxylic acids is 1. The van der Waals surface area contributed by atoms with Crippen LogP contribution in [0.15, 0.2) is 18.3 Å². The van der Waals surface area contributed by atoms with Crippen molar-refractivity contribution in [3.05, 3.63) is 29.6 Å². The molecule has 0 unspecified atom stereocenters. The quantitative estimate of drug-likeness (QED) is 0.845. The lowest BCUT2D eigenvalue weighted by atomic mass is 10.2. The van der Waals surface area contributed by atoms with Gasteiger partial charge in [0.05, 0.1) is 5.56 Å². The molecule has 1 aromatic rings. The number of aromatic nitrogens is 1. The van der Waals surface area contributed by atoms with Gasteiger partial charge in [-0.1, -0.05) is 0 Å². The van der Waals surface area contributed by atoms with Crippen LogP contribution in [0, 0.1) is 0 Å². The van der Waals surface area contributed by atoms with Crippen LogP contribution < -0.4 is 0 Å². The summed E-state index contributed by atoms with van der Waals surface area (Å²) in [5.74, 6) is -0.891. The average molecular weight is 249 g/mol. The third-order valence-corrected chi connectivity index (χ3v) is 3.34. The van der Waals surface area contributed by atoms with Crippen LogP contribution in [0.2, 0.25) is 0 Å². The lowest BCUT2D eigenvalue weighted by molar-refractivity contribution is 0.0696. The number of carboxylic acid groups (broad SMARTS) is 1. The fourth-order valence-electron chi connectivity index (χ4n) is 2.09. The van der Waals surface area contributed by atoms with Crippen LogP contribution in [-0.2, 0) is 6.42 Å². The Hall–Kier alpha value is -1.46. The molecule has 1 aliphatic rings. The normalized spacial score (nSPS) is 17.8. The van der Waals surface area contributed by atoms with E-state index in [0.717, 1.165) is 44.8 Å². The second-order valence-corrected chi connectivity index (χ2v) is 4.74. The maximum atomic E-state index is 10.9. The third kappa shape index (κ3) is 3.51. The van der Waals surface area contributed by atoms with E-state index in [1.54, 1.807) is 12.3 Å². The molecule has 0 aromatic carbocycles. The van der Waals surface area contributed by atoms with Crippen molar-refractivity contribution < 1.29 is 9.90 Å². The molecule has 0 spiro atoms. The number of carbonyl (C=O) groups is 1. The molecule has 5 nitrogen and oxygen atoms in total. The molecule has 1 fully saturated rings. The molecule has 2 heterocycles. The number of likely N-dealkylation sites (N-methyl/N-ethyl adjacent to an activating group) is 1. The fraction of sp³-hybridized carbons (Fsp3) is 0.538. The van der Waals surface area contributed by atoms with Crippen LogP contribution in [-0.4, -0.2) is 65.6 Å². The van der Waals surface area contributed by atoms with Crippen molar-refractivity contribution in [2.45, 2.75) is 6.42 Å². The summed E-state index contributed by atoms with van der Waals surface area (Å²) < 4.78 is 0. The third-order valence-electron chi connectivity index (χ3n) is 3.34. The summed E-state index contributed by atoms with van der Waals surface area (Å²) in [5, 5.41) is 8.91. The van der Waals surface area contributed by atoms with Gasteiger partial charge in [-0.3, -0.25) is 4.98 Å². The number of carboxylic acids is 1. The number of rotatable bonds is 4. The summed E-state index contributed by atoms with van der Waals surface area (Å²) in [7, 11) is 2.13. The topological polar surface area (TPSA) is 56.7 Å². The zero-order chi connectivity index (χ0) is 13.0. The van der Waals surface area contributed by atoms with Crippen LogP contribution in [0.3, 0.4) is 0 Å². The lowest BCUT2D eigenvalue weighted by Gasteiger charge is -2.32. The molecule has 0 aliphatic carbocycles. The zero-order valence-corrected chi connectivity index (χ0v) is 10.7. The summed E-state index contributed by atoms with van der Waals surface area (Å²) in [6, 6.07) is 3.19. The summed E-state index contributed by atoms with van der Waals surface area (Å²) in [6.45, 7) is 5.30. The Morgan fingerprint density at radius 2 is 2.11 bits per heavy atom. The summed E-state index contributed by atoms with van der Waals surface area (Å²) in [4.78, 5) is 19.8. The second kappa shape index (κ2) is 5.93. The molecule has 0 radical (unpaired) electrons. The van der Waals surface area contributed by atoms with E-state index in [1.165, 1.54) is 6.07 Å². The van der Waals surface area contributed by atoms with Crippen molar-refractivity contribution in [1.29, 1.82) is 0 Å². The van der Waals surface area contributed by atoms with Crippen molar-refractivity contribution in [1.82, 2.24) is 14.8 Å². The van der Waals surface area contributed by atoms with Crippen LogP contribution in [0.5, 0.6) is 0 Å². The maximum Gasteiger partial charge on any atom is 0.335 e. The van der Waals surface area contributed by atoms with Gasteiger partial charge in [-0.2, -0.15) is 0 Å². The molecule has 0 atom stereocenters. The van der Waals surface area contributed by atoms with E-state index < -0.39 is 5.97 Å². The minimum Gasteiger partial charge on any atom is -0.478 e. The molecule has 1 saturated heterocycles. The van der Waals surface area contributed by atoms with Gasteiger partial charge in [-0.15, -0.1) is 0 Å². The first kappa shape index (κ1) is 13.0. The van der Waals surface area contributed by atoms with E-state index in [4.69, 9.17) is 5.11 Å². The van der Waals surface area contributed by atoms with E-state index in [-0.39, 0.29) is 0 Å². The van der Waals surface area contributed by atoms with Crippen LogP contribution in [0.1, 0.15) is 16.1 Å². The first-order chi connectivity index (χ1) is 8.65. The number of hydrogen-bond donors (Lipinski definition) is 1. The molecule has 2 rings (SSSR count). The van der Waals surface area contributed by atoms with Gasteiger partial charge >= 0.3 is 5.97 Å². The standard InChI is InChI=1S/C13H19N3O2/c1-15-6-8-16(9-7-15)5-3-12-10-11(13(17)18)2-4-14-12/h2,4,10H,3,5-9H2,1H3,(H,17,18). The molecule has 1 N–H and O–H groups in total. The predicted octanol–water partition coefficient (Wildman–Crippen LogP) is 0.570. The van der Waals surface area contributed by atoms with Gasteiger partial charge in [0.1, 0.15) is 0 Å². The largest absolute Gasteiger partial charge is 0.478 e. The van der Waals surface area contributed by atoms with Crippen LogP contribution >= 0.6 is 0 Å². The predicted molar refractivity (Wildman–Crippen MR) is 68.8 cm³/mol. The van der Waals surface area contributed by atoms with Gasteiger partial charge in [0.15, 0.2) is 0 Å². The second-order valence-electron chi connectivity index (χ2n) is 4.74. The van der Waals surface area contributed by atoms with E-state index in [2.05, 4.69) is 21.8 Å². The monoisotopic (exact) mass is 249 g/mol.